The van der Waals surface area contributed by atoms with E-state index in [9.17, 15) is 9.59 Å². The molecule has 0 aliphatic carbocycles. The van der Waals surface area contributed by atoms with Crippen LogP contribution < -0.4 is 10.2 Å². The van der Waals surface area contributed by atoms with Gasteiger partial charge < -0.3 is 15.0 Å². The summed E-state index contributed by atoms with van der Waals surface area (Å²) in [5.41, 5.74) is 1.77. The first-order valence-corrected chi connectivity index (χ1v) is 7.14. The number of hydrogen-bond donors (Lipinski definition) is 1. The fraction of sp³-hybridized carbons (Fsp3) is 0.500. The number of carbonyl (C=O) groups is 2. The minimum atomic E-state index is -0.0248. The van der Waals surface area contributed by atoms with Gasteiger partial charge in [-0.3, -0.25) is 4.79 Å². The number of nitrogens with zero attached hydrogens (tertiary/aromatic N) is 1. The van der Waals surface area contributed by atoms with Crippen LogP contribution in [0.2, 0.25) is 0 Å². The first-order valence-electron chi connectivity index (χ1n) is 7.14. The Hall–Kier alpha value is -1.84. The Morgan fingerprint density at radius 1 is 1.10 bits per heavy atom. The summed E-state index contributed by atoms with van der Waals surface area (Å²) < 4.78 is 0. The van der Waals surface area contributed by atoms with Crippen molar-refractivity contribution >= 4 is 17.9 Å². The molecule has 0 fully saturated rings. The number of hydrogen-bond acceptors (Lipinski definition) is 3. The van der Waals surface area contributed by atoms with Gasteiger partial charge in [-0.2, -0.15) is 0 Å². The number of nitrogens with one attached hydrogen (secondary N) is 1. The number of amides is 1. The van der Waals surface area contributed by atoms with Crippen LogP contribution in [0.25, 0.3) is 0 Å². The molecule has 1 aromatic carbocycles. The molecule has 1 rings (SSSR count). The maximum Gasteiger partial charge on any atom is 0.251 e. The van der Waals surface area contributed by atoms with Gasteiger partial charge in [-0.1, -0.05) is 12.8 Å². The van der Waals surface area contributed by atoms with Gasteiger partial charge in [0.25, 0.3) is 5.91 Å². The first-order chi connectivity index (χ1) is 9.65. The quantitative estimate of drug-likeness (QED) is 0.557. The molecule has 20 heavy (non-hydrogen) atoms. The molecule has 1 amide bonds. The summed E-state index contributed by atoms with van der Waals surface area (Å²) in [5.74, 6) is -0.0248. The Kier molecular flexibility index (Phi) is 7.40. The molecule has 1 N–H and O–H groups in total. The van der Waals surface area contributed by atoms with Gasteiger partial charge in [0.2, 0.25) is 0 Å². The predicted molar refractivity (Wildman–Crippen MR) is 82.3 cm³/mol. The lowest BCUT2D eigenvalue weighted by Crippen LogP contribution is -2.24. The van der Waals surface area contributed by atoms with Crippen LogP contribution in [-0.2, 0) is 4.79 Å². The van der Waals surface area contributed by atoms with Gasteiger partial charge in [0.1, 0.15) is 6.29 Å². The van der Waals surface area contributed by atoms with Crippen LogP contribution in [0.4, 0.5) is 5.69 Å². The van der Waals surface area contributed by atoms with Crippen molar-refractivity contribution in [3.8, 4) is 0 Å². The van der Waals surface area contributed by atoms with Gasteiger partial charge in [0, 0.05) is 38.3 Å². The summed E-state index contributed by atoms with van der Waals surface area (Å²) in [6.45, 7) is 0.690. The largest absolute Gasteiger partial charge is 0.378 e. The lowest BCUT2D eigenvalue weighted by Gasteiger charge is -2.12. The number of aldehydes is 1. The first kappa shape index (κ1) is 16.2. The molecule has 0 unspecified atom stereocenters. The van der Waals surface area contributed by atoms with Crippen molar-refractivity contribution in [2.24, 2.45) is 0 Å². The standard InChI is InChI=1S/C16H24N2O2/c1-18(2)15-10-8-14(9-11-15)16(20)17-12-6-4-3-5-7-13-19/h8-11,13H,3-7,12H2,1-2H3,(H,17,20). The maximum atomic E-state index is 11.9. The molecular weight excluding hydrogens is 252 g/mol. The Morgan fingerprint density at radius 3 is 2.35 bits per heavy atom. The zero-order chi connectivity index (χ0) is 14.8. The van der Waals surface area contributed by atoms with E-state index < -0.39 is 0 Å². The van der Waals surface area contributed by atoms with Gasteiger partial charge in [0.05, 0.1) is 0 Å². The van der Waals surface area contributed by atoms with Crippen LogP contribution in [-0.4, -0.2) is 32.8 Å². The zero-order valence-corrected chi connectivity index (χ0v) is 12.4. The van der Waals surface area contributed by atoms with Crippen molar-refractivity contribution in [3.05, 3.63) is 29.8 Å². The van der Waals surface area contributed by atoms with Crippen LogP contribution in [0.3, 0.4) is 0 Å². The fourth-order valence-corrected chi connectivity index (χ4v) is 1.92. The van der Waals surface area contributed by atoms with E-state index in [4.69, 9.17) is 0 Å². The van der Waals surface area contributed by atoms with Gasteiger partial charge in [0.15, 0.2) is 0 Å². The Labute approximate surface area is 121 Å². The number of anilines is 1. The van der Waals surface area contributed by atoms with Crippen molar-refractivity contribution in [1.82, 2.24) is 5.32 Å². The van der Waals surface area contributed by atoms with Crippen LogP contribution in [0.5, 0.6) is 0 Å². The summed E-state index contributed by atoms with van der Waals surface area (Å²) in [6, 6.07) is 7.56. The second-order valence-corrected chi connectivity index (χ2v) is 5.07. The molecule has 1 aromatic rings. The molecule has 4 nitrogen and oxygen atoms in total. The van der Waals surface area contributed by atoms with E-state index in [0.717, 1.165) is 37.7 Å². The van der Waals surface area contributed by atoms with Crippen LogP contribution in [0.1, 0.15) is 42.5 Å². The maximum absolute atomic E-state index is 11.9. The smallest absolute Gasteiger partial charge is 0.251 e. The molecule has 0 aliphatic rings. The predicted octanol–water partition coefficient (Wildman–Crippen LogP) is 2.63. The summed E-state index contributed by atoms with van der Waals surface area (Å²) >= 11 is 0. The monoisotopic (exact) mass is 276 g/mol. The van der Waals surface area contributed by atoms with Crippen molar-refractivity contribution in [3.63, 3.8) is 0 Å². The molecule has 0 aliphatic heterocycles. The van der Waals surface area contributed by atoms with Gasteiger partial charge >= 0.3 is 0 Å². The number of rotatable bonds is 9. The second-order valence-electron chi connectivity index (χ2n) is 5.07. The zero-order valence-electron chi connectivity index (χ0n) is 12.4. The summed E-state index contributed by atoms with van der Waals surface area (Å²) in [4.78, 5) is 24.0. The van der Waals surface area contributed by atoms with Crippen molar-refractivity contribution in [2.45, 2.75) is 32.1 Å². The lowest BCUT2D eigenvalue weighted by molar-refractivity contribution is -0.107. The van der Waals surface area contributed by atoms with Crippen molar-refractivity contribution in [1.29, 1.82) is 0 Å². The fourth-order valence-electron chi connectivity index (χ4n) is 1.92. The summed E-state index contributed by atoms with van der Waals surface area (Å²) in [6.07, 6.45) is 5.60. The van der Waals surface area contributed by atoms with E-state index in [1.807, 2.05) is 43.3 Å². The van der Waals surface area contributed by atoms with E-state index in [2.05, 4.69) is 5.32 Å². The normalized spacial score (nSPS) is 10.1. The summed E-state index contributed by atoms with van der Waals surface area (Å²) in [5, 5.41) is 2.92. The number of carbonyl (C=O) groups excluding carboxylic acids is 2. The van der Waals surface area contributed by atoms with Crippen LogP contribution >= 0.6 is 0 Å². The van der Waals surface area contributed by atoms with E-state index in [1.165, 1.54) is 0 Å². The van der Waals surface area contributed by atoms with E-state index in [0.29, 0.717) is 18.5 Å². The van der Waals surface area contributed by atoms with Gasteiger partial charge in [-0.25, -0.2) is 0 Å². The molecule has 0 bridgehead atoms. The molecule has 4 heteroatoms. The molecule has 0 heterocycles. The van der Waals surface area contributed by atoms with E-state index in [-0.39, 0.29) is 5.91 Å². The highest BCUT2D eigenvalue weighted by Gasteiger charge is 2.04. The second kappa shape index (κ2) is 9.13. The molecule has 0 spiro atoms. The highest BCUT2D eigenvalue weighted by molar-refractivity contribution is 5.94. The average molecular weight is 276 g/mol. The SMILES string of the molecule is CN(C)c1ccc(C(=O)NCCCCCCC=O)cc1. The molecule has 0 atom stereocenters. The molecular formula is C16H24N2O2. The Balaban J connectivity index is 2.23. The molecule has 0 radical (unpaired) electrons. The molecule has 0 aromatic heterocycles. The van der Waals surface area contributed by atoms with Crippen molar-refractivity contribution < 1.29 is 9.59 Å². The van der Waals surface area contributed by atoms with Gasteiger partial charge in [-0.05, 0) is 37.1 Å². The molecule has 0 saturated heterocycles. The highest BCUT2D eigenvalue weighted by Crippen LogP contribution is 2.12. The Bertz CT molecular complexity index is 413. The highest BCUT2D eigenvalue weighted by atomic mass is 16.1. The Morgan fingerprint density at radius 2 is 1.75 bits per heavy atom. The number of unbranched alkanes of at least 4 members (excludes halogenated alkanes) is 4. The molecule has 110 valence electrons. The van der Waals surface area contributed by atoms with Crippen LogP contribution in [0.15, 0.2) is 24.3 Å². The van der Waals surface area contributed by atoms with Gasteiger partial charge in [-0.15, -0.1) is 0 Å². The van der Waals surface area contributed by atoms with Crippen molar-refractivity contribution in [2.75, 3.05) is 25.5 Å². The topological polar surface area (TPSA) is 49.4 Å². The third-order valence-electron chi connectivity index (χ3n) is 3.18. The van der Waals surface area contributed by atoms with E-state index >= 15 is 0 Å². The summed E-state index contributed by atoms with van der Waals surface area (Å²) in [7, 11) is 3.94. The lowest BCUT2D eigenvalue weighted by atomic mass is 10.1. The average Bonchev–Trinajstić information content (AvgIpc) is 2.46. The third-order valence-corrected chi connectivity index (χ3v) is 3.18. The minimum absolute atomic E-state index is 0.0248. The van der Waals surface area contributed by atoms with Crippen LogP contribution in [0, 0.1) is 0 Å². The number of benzene rings is 1. The molecule has 0 saturated carbocycles. The van der Waals surface area contributed by atoms with E-state index in [1.54, 1.807) is 0 Å². The third kappa shape index (κ3) is 5.87. The minimum Gasteiger partial charge on any atom is -0.378 e.